The molecule has 27 heavy (non-hydrogen) atoms. The number of aromatic nitrogens is 2. The first-order chi connectivity index (χ1) is 13.1. The third kappa shape index (κ3) is 3.94. The lowest BCUT2D eigenvalue weighted by Gasteiger charge is -2.19. The quantitative estimate of drug-likeness (QED) is 0.632. The van der Waals surface area contributed by atoms with E-state index in [0.29, 0.717) is 5.02 Å². The lowest BCUT2D eigenvalue weighted by atomic mass is 10.1. The molecular weight excluding hydrogens is 378 g/mol. The number of fused-ring (bicyclic) bond motifs is 1. The van der Waals surface area contributed by atoms with Gasteiger partial charge in [-0.25, -0.2) is 4.98 Å². The minimum Gasteiger partial charge on any atom is -0.337 e. The zero-order valence-corrected chi connectivity index (χ0v) is 16.8. The summed E-state index contributed by atoms with van der Waals surface area (Å²) in [6.07, 6.45) is 9.52. The molecule has 6 heteroatoms. The number of aryl methyl sites for hydroxylation is 3. The third-order valence-corrected chi connectivity index (χ3v) is 6.55. The van der Waals surface area contributed by atoms with E-state index in [0.717, 1.165) is 29.1 Å². The lowest BCUT2D eigenvalue weighted by molar-refractivity contribution is 0.0945. The van der Waals surface area contributed by atoms with Crippen molar-refractivity contribution in [1.29, 1.82) is 0 Å². The molecule has 2 heterocycles. The summed E-state index contributed by atoms with van der Waals surface area (Å²) in [5, 5.41) is 3.85. The van der Waals surface area contributed by atoms with Gasteiger partial charge in [-0.2, -0.15) is 0 Å². The summed E-state index contributed by atoms with van der Waals surface area (Å²) in [5.41, 5.74) is 2.31. The monoisotopic (exact) mass is 399 g/mol. The molecule has 0 unspecified atom stereocenters. The van der Waals surface area contributed by atoms with Gasteiger partial charge in [0.15, 0.2) is 0 Å². The Morgan fingerprint density at radius 1 is 1.22 bits per heavy atom. The predicted molar refractivity (Wildman–Crippen MR) is 110 cm³/mol. The maximum absolute atomic E-state index is 13.0. The van der Waals surface area contributed by atoms with Crippen LogP contribution in [0, 0.1) is 0 Å². The Bertz CT molecular complexity index is 921. The number of halogens is 1. The largest absolute Gasteiger partial charge is 0.337 e. The van der Waals surface area contributed by atoms with Gasteiger partial charge in [-0.05, 0) is 55.0 Å². The van der Waals surface area contributed by atoms with Crippen molar-refractivity contribution in [2.24, 2.45) is 7.05 Å². The Morgan fingerprint density at radius 3 is 2.74 bits per heavy atom. The minimum atomic E-state index is -0.323. The second-order valence-corrected chi connectivity index (χ2v) is 8.55. The number of amides is 1. The summed E-state index contributed by atoms with van der Waals surface area (Å²) in [4.78, 5) is 19.7. The van der Waals surface area contributed by atoms with E-state index in [-0.39, 0.29) is 11.9 Å². The van der Waals surface area contributed by atoms with E-state index in [2.05, 4.69) is 16.4 Å². The van der Waals surface area contributed by atoms with Crippen molar-refractivity contribution >= 4 is 28.8 Å². The first-order valence-electron chi connectivity index (χ1n) is 9.27. The summed E-state index contributed by atoms with van der Waals surface area (Å²) < 4.78 is 1.93. The highest BCUT2D eigenvalue weighted by molar-refractivity contribution is 7.14. The van der Waals surface area contributed by atoms with Crippen molar-refractivity contribution in [3.05, 3.63) is 74.5 Å². The van der Waals surface area contributed by atoms with E-state index in [1.165, 1.54) is 29.7 Å². The molecule has 0 saturated heterocycles. The van der Waals surface area contributed by atoms with Gasteiger partial charge in [-0.1, -0.05) is 30.2 Å². The van der Waals surface area contributed by atoms with E-state index in [1.54, 1.807) is 17.5 Å². The van der Waals surface area contributed by atoms with Crippen LogP contribution in [-0.2, 0) is 19.9 Å². The SMILES string of the molecule is Cn1ccnc1[C@@H](NC(=O)c1cc2c(s1)CCCCC2)c1ccc(Cl)cc1. The van der Waals surface area contributed by atoms with Crippen molar-refractivity contribution in [2.75, 3.05) is 0 Å². The molecule has 2 aromatic heterocycles. The van der Waals surface area contributed by atoms with Crippen LogP contribution in [-0.4, -0.2) is 15.5 Å². The molecule has 1 aromatic carbocycles. The Hall–Kier alpha value is -2.11. The molecule has 1 aliphatic rings. The van der Waals surface area contributed by atoms with Crippen LogP contribution in [0.15, 0.2) is 42.7 Å². The van der Waals surface area contributed by atoms with Crippen LogP contribution < -0.4 is 5.32 Å². The van der Waals surface area contributed by atoms with Crippen LogP contribution in [0.25, 0.3) is 0 Å². The summed E-state index contributed by atoms with van der Waals surface area (Å²) in [5.74, 6) is 0.750. The van der Waals surface area contributed by atoms with Crippen LogP contribution in [0.1, 0.15) is 56.8 Å². The van der Waals surface area contributed by atoms with Gasteiger partial charge in [-0.3, -0.25) is 4.79 Å². The Morgan fingerprint density at radius 2 is 2.00 bits per heavy atom. The summed E-state index contributed by atoms with van der Waals surface area (Å²) in [7, 11) is 1.94. The highest BCUT2D eigenvalue weighted by atomic mass is 35.5. The molecule has 4 rings (SSSR count). The number of carbonyl (C=O) groups is 1. The van der Waals surface area contributed by atoms with Gasteiger partial charge in [0.25, 0.3) is 5.91 Å². The number of nitrogens with one attached hydrogen (secondary N) is 1. The van der Waals surface area contributed by atoms with E-state index in [9.17, 15) is 4.79 Å². The molecule has 3 aromatic rings. The smallest absolute Gasteiger partial charge is 0.262 e. The zero-order chi connectivity index (χ0) is 18.8. The second-order valence-electron chi connectivity index (χ2n) is 6.97. The number of rotatable bonds is 4. The van der Waals surface area contributed by atoms with Gasteiger partial charge in [0, 0.05) is 29.3 Å². The number of imidazole rings is 1. The van der Waals surface area contributed by atoms with Crippen LogP contribution in [0.5, 0.6) is 0 Å². The first-order valence-corrected chi connectivity index (χ1v) is 10.5. The normalized spacial score (nSPS) is 15.0. The van der Waals surface area contributed by atoms with Crippen LogP contribution in [0.3, 0.4) is 0 Å². The average molecular weight is 400 g/mol. The summed E-state index contributed by atoms with van der Waals surface area (Å²) in [6, 6.07) is 9.31. The van der Waals surface area contributed by atoms with E-state index in [4.69, 9.17) is 11.6 Å². The van der Waals surface area contributed by atoms with Gasteiger partial charge in [0.05, 0.1) is 4.88 Å². The van der Waals surface area contributed by atoms with Crippen molar-refractivity contribution in [3.8, 4) is 0 Å². The van der Waals surface area contributed by atoms with Crippen molar-refractivity contribution in [2.45, 2.75) is 38.1 Å². The van der Waals surface area contributed by atoms with Crippen LogP contribution in [0.2, 0.25) is 5.02 Å². The fraction of sp³-hybridized carbons (Fsp3) is 0.333. The fourth-order valence-electron chi connectivity index (χ4n) is 3.59. The molecule has 1 N–H and O–H groups in total. The van der Waals surface area contributed by atoms with Gasteiger partial charge >= 0.3 is 0 Å². The molecule has 1 aliphatic carbocycles. The van der Waals surface area contributed by atoms with Gasteiger partial charge in [0.2, 0.25) is 0 Å². The molecular formula is C21H22ClN3OS. The maximum Gasteiger partial charge on any atom is 0.262 e. The Balaban J connectivity index is 1.62. The zero-order valence-electron chi connectivity index (χ0n) is 15.2. The molecule has 1 atom stereocenters. The van der Waals surface area contributed by atoms with Crippen LogP contribution in [0.4, 0.5) is 0 Å². The topological polar surface area (TPSA) is 46.9 Å². The highest BCUT2D eigenvalue weighted by Gasteiger charge is 2.23. The Labute approximate surface area is 168 Å². The van der Waals surface area contributed by atoms with Gasteiger partial charge in [0.1, 0.15) is 11.9 Å². The molecule has 140 valence electrons. The molecule has 0 aliphatic heterocycles. The number of benzene rings is 1. The van der Waals surface area contributed by atoms with Gasteiger partial charge < -0.3 is 9.88 Å². The minimum absolute atomic E-state index is 0.0453. The lowest BCUT2D eigenvalue weighted by Crippen LogP contribution is -2.30. The first kappa shape index (κ1) is 18.3. The van der Waals surface area contributed by atoms with Crippen LogP contribution >= 0.6 is 22.9 Å². The second kappa shape index (κ2) is 7.87. The maximum atomic E-state index is 13.0. The summed E-state index contributed by atoms with van der Waals surface area (Å²) >= 11 is 7.68. The summed E-state index contributed by atoms with van der Waals surface area (Å²) in [6.45, 7) is 0. The van der Waals surface area contributed by atoms with Crippen molar-refractivity contribution < 1.29 is 4.79 Å². The standard InChI is InChI=1S/C21H22ClN3OS/c1-25-12-11-23-20(25)19(14-7-9-16(22)10-8-14)24-21(26)18-13-15-5-3-2-4-6-17(15)27-18/h7-13,19H,2-6H2,1H3,(H,24,26)/t19-/m0/s1. The molecule has 0 spiro atoms. The number of hydrogen-bond acceptors (Lipinski definition) is 3. The molecule has 0 saturated carbocycles. The number of nitrogens with zero attached hydrogens (tertiary/aromatic N) is 2. The molecule has 1 amide bonds. The average Bonchev–Trinajstić information content (AvgIpc) is 3.21. The molecule has 0 bridgehead atoms. The third-order valence-electron chi connectivity index (χ3n) is 5.07. The van der Waals surface area contributed by atoms with E-state index < -0.39 is 0 Å². The fourth-order valence-corrected chi connectivity index (χ4v) is 4.87. The molecule has 4 nitrogen and oxygen atoms in total. The Kier molecular flexibility index (Phi) is 5.32. The van der Waals surface area contributed by atoms with Crippen molar-refractivity contribution in [3.63, 3.8) is 0 Å². The predicted octanol–water partition coefficient (Wildman–Crippen LogP) is 4.92. The van der Waals surface area contributed by atoms with Gasteiger partial charge in [-0.15, -0.1) is 11.3 Å². The highest BCUT2D eigenvalue weighted by Crippen LogP contribution is 2.30. The number of thiophene rings is 1. The molecule has 0 radical (unpaired) electrons. The molecule has 0 fully saturated rings. The number of hydrogen-bond donors (Lipinski definition) is 1. The van der Waals surface area contributed by atoms with Crippen molar-refractivity contribution in [1.82, 2.24) is 14.9 Å². The number of carbonyl (C=O) groups excluding carboxylic acids is 1. The van der Waals surface area contributed by atoms with E-state index >= 15 is 0 Å². The van der Waals surface area contributed by atoms with E-state index in [1.807, 2.05) is 42.1 Å².